The number of halogens is 5. The van der Waals surface area contributed by atoms with Crippen LogP contribution in [0.25, 0.3) is 10.1 Å². The normalized spacial score (nSPS) is 14.5. The van der Waals surface area contributed by atoms with Crippen LogP contribution in [0.4, 0.5) is 33.3 Å². The predicted molar refractivity (Wildman–Crippen MR) is 176 cm³/mol. The molecule has 4 rings (SSSR count). The number of primary amides is 1. The first-order chi connectivity index (χ1) is 23.2. The first-order valence-electron chi connectivity index (χ1n) is 15.3. The van der Waals surface area contributed by atoms with Crippen LogP contribution in [-0.2, 0) is 20.7 Å². The molecule has 10 nitrogen and oxygen atoms in total. The standard InChI is InChI=1S/C33H36F5N5O5S/c1-43-15-12-20(13-16-43)41-24-6-3-5-21-22(18-33(36,37)38)27(49-29(21)24)7-4-14-40-23-9-8-19(17-26(23)48-32(34)35)30(45)42-25(31(46)47-2)10-11-28(39)44/h3,5-6,8-9,17,20,25,32,40-41H,10-16,18H2,1-2H3,(H2,39,44)(H,42,45). The van der Waals surface area contributed by atoms with Gasteiger partial charge in [0.05, 0.1) is 41.0 Å². The van der Waals surface area contributed by atoms with E-state index in [2.05, 4.69) is 42.2 Å². The second-order valence-corrected chi connectivity index (χ2v) is 12.4. The van der Waals surface area contributed by atoms with Crippen LogP contribution in [0.3, 0.4) is 0 Å². The highest BCUT2D eigenvalue weighted by Crippen LogP contribution is 2.39. The smallest absolute Gasteiger partial charge is 0.393 e. The van der Waals surface area contributed by atoms with Gasteiger partial charge in [0.15, 0.2) is 0 Å². The van der Waals surface area contributed by atoms with E-state index in [1.165, 1.54) is 12.1 Å². The van der Waals surface area contributed by atoms with Gasteiger partial charge in [-0.15, -0.1) is 11.3 Å². The summed E-state index contributed by atoms with van der Waals surface area (Å²) < 4.78 is 77.4. The Hall–Kier alpha value is -4.62. The van der Waals surface area contributed by atoms with Gasteiger partial charge in [-0.25, -0.2) is 4.79 Å². The molecule has 0 radical (unpaired) electrons. The molecule has 1 aromatic heterocycles. The topological polar surface area (TPSA) is 135 Å². The molecule has 0 spiro atoms. The molecule has 1 aliphatic rings. The number of fused-ring (bicyclic) bond motifs is 1. The molecule has 1 fully saturated rings. The summed E-state index contributed by atoms with van der Waals surface area (Å²) in [6.45, 7) is -1.60. The molecule has 2 amide bonds. The molecular weight excluding hydrogens is 673 g/mol. The molecule has 2 aromatic carbocycles. The molecule has 16 heteroatoms. The van der Waals surface area contributed by atoms with Crippen LogP contribution in [0.15, 0.2) is 36.4 Å². The van der Waals surface area contributed by atoms with Gasteiger partial charge in [-0.05, 0) is 74.6 Å². The molecular formula is C33H36F5N5O5S. The third kappa shape index (κ3) is 10.7. The van der Waals surface area contributed by atoms with E-state index in [1.54, 1.807) is 12.1 Å². The van der Waals surface area contributed by atoms with Gasteiger partial charge in [-0.1, -0.05) is 24.0 Å². The number of thiophene rings is 1. The van der Waals surface area contributed by atoms with Crippen molar-refractivity contribution < 1.29 is 45.8 Å². The summed E-state index contributed by atoms with van der Waals surface area (Å²) in [5.41, 5.74) is 5.81. The molecule has 1 aliphatic heterocycles. The highest BCUT2D eigenvalue weighted by molar-refractivity contribution is 7.20. The Bertz CT molecular complexity index is 1710. The zero-order valence-corrected chi connectivity index (χ0v) is 27.5. The third-order valence-electron chi connectivity index (χ3n) is 7.77. The van der Waals surface area contributed by atoms with Crippen molar-refractivity contribution in [3.8, 4) is 17.6 Å². The largest absolute Gasteiger partial charge is 0.467 e. The van der Waals surface area contributed by atoms with Crippen molar-refractivity contribution in [1.82, 2.24) is 10.2 Å². The van der Waals surface area contributed by atoms with Gasteiger partial charge in [-0.2, -0.15) is 22.0 Å². The monoisotopic (exact) mass is 709 g/mol. The Morgan fingerprint density at radius 3 is 2.51 bits per heavy atom. The lowest BCUT2D eigenvalue weighted by Crippen LogP contribution is -2.42. The minimum absolute atomic E-state index is 0.0286. The average Bonchev–Trinajstić information content (AvgIpc) is 3.38. The first kappa shape index (κ1) is 37.2. The van der Waals surface area contributed by atoms with E-state index in [0.717, 1.165) is 56.1 Å². The lowest BCUT2D eigenvalue weighted by atomic mass is 10.0. The number of nitrogens with zero attached hydrogens (tertiary/aromatic N) is 1. The van der Waals surface area contributed by atoms with E-state index in [4.69, 9.17) is 5.73 Å². The minimum Gasteiger partial charge on any atom is -0.467 e. The first-order valence-corrected chi connectivity index (χ1v) is 16.1. The van der Waals surface area contributed by atoms with Crippen LogP contribution in [0, 0.1) is 11.8 Å². The second-order valence-electron chi connectivity index (χ2n) is 11.4. The van der Waals surface area contributed by atoms with Gasteiger partial charge in [-0.3, -0.25) is 9.59 Å². The number of benzene rings is 2. The van der Waals surface area contributed by atoms with Gasteiger partial charge in [0, 0.05) is 18.0 Å². The Kier molecular flexibility index (Phi) is 12.7. The molecule has 49 heavy (non-hydrogen) atoms. The van der Waals surface area contributed by atoms with Gasteiger partial charge < -0.3 is 36.1 Å². The zero-order chi connectivity index (χ0) is 35.7. The van der Waals surface area contributed by atoms with Crippen LogP contribution in [0.5, 0.6) is 5.75 Å². The van der Waals surface area contributed by atoms with Crippen molar-refractivity contribution in [3.63, 3.8) is 0 Å². The molecule has 0 saturated carbocycles. The Labute approximate surface area is 283 Å². The minimum atomic E-state index is -4.48. The van der Waals surface area contributed by atoms with Crippen molar-refractivity contribution in [2.75, 3.05) is 44.4 Å². The number of hydrogen-bond donors (Lipinski definition) is 4. The second kappa shape index (κ2) is 16.7. The number of methoxy groups -OCH3 is 1. The number of carbonyl (C=O) groups excluding carboxylic acids is 3. The molecule has 0 bridgehead atoms. The Morgan fingerprint density at radius 1 is 1.12 bits per heavy atom. The number of amides is 2. The van der Waals surface area contributed by atoms with Crippen LogP contribution in [0.1, 0.15) is 46.5 Å². The van der Waals surface area contributed by atoms with Crippen molar-refractivity contribution in [2.24, 2.45) is 5.73 Å². The number of rotatable bonds is 13. The number of hydrogen-bond acceptors (Lipinski definition) is 9. The number of nitrogens with two attached hydrogens (primary N) is 1. The summed E-state index contributed by atoms with van der Waals surface area (Å²) in [4.78, 5) is 38.5. The summed E-state index contributed by atoms with van der Waals surface area (Å²) >= 11 is 1.16. The van der Waals surface area contributed by atoms with Crippen LogP contribution < -0.4 is 26.4 Å². The third-order valence-corrected chi connectivity index (χ3v) is 8.97. The maximum Gasteiger partial charge on any atom is 0.393 e. The molecule has 1 atom stereocenters. The Morgan fingerprint density at radius 2 is 1.86 bits per heavy atom. The van der Waals surface area contributed by atoms with Crippen LogP contribution >= 0.6 is 11.3 Å². The fraction of sp³-hybridized carbons (Fsp3) is 0.424. The van der Waals surface area contributed by atoms with E-state index in [0.29, 0.717) is 10.1 Å². The number of anilines is 2. The lowest BCUT2D eigenvalue weighted by Gasteiger charge is -2.30. The summed E-state index contributed by atoms with van der Waals surface area (Å²) in [6, 6.07) is 7.74. The molecule has 0 aliphatic carbocycles. The lowest BCUT2D eigenvalue weighted by molar-refractivity contribution is -0.143. The van der Waals surface area contributed by atoms with E-state index in [9.17, 15) is 36.3 Å². The van der Waals surface area contributed by atoms with Crippen LogP contribution in [0.2, 0.25) is 0 Å². The Balaban J connectivity index is 1.54. The summed E-state index contributed by atoms with van der Waals surface area (Å²) in [5.74, 6) is 2.80. The van der Waals surface area contributed by atoms with Gasteiger partial charge in [0.2, 0.25) is 5.91 Å². The SMILES string of the molecule is COC(=O)C(CCC(N)=O)NC(=O)c1ccc(NCC#Cc2sc3c(NC4CCN(C)CC4)cccc3c2CC(F)(F)F)c(OC(F)F)c1. The molecule has 3 aromatic rings. The van der Waals surface area contributed by atoms with E-state index in [-0.39, 0.29) is 47.1 Å². The van der Waals surface area contributed by atoms with Gasteiger partial charge >= 0.3 is 18.8 Å². The number of esters is 1. The van der Waals surface area contributed by atoms with Gasteiger partial charge in [0.1, 0.15) is 11.8 Å². The molecule has 1 saturated heterocycles. The quantitative estimate of drug-likeness (QED) is 0.109. The van der Waals surface area contributed by atoms with Gasteiger partial charge in [0.25, 0.3) is 5.91 Å². The van der Waals surface area contributed by atoms with E-state index < -0.39 is 48.8 Å². The summed E-state index contributed by atoms with van der Waals surface area (Å²) in [7, 11) is 3.13. The highest BCUT2D eigenvalue weighted by Gasteiger charge is 2.31. The molecule has 264 valence electrons. The molecule has 1 unspecified atom stereocenters. The highest BCUT2D eigenvalue weighted by atomic mass is 32.1. The van der Waals surface area contributed by atoms with Crippen LogP contribution in [-0.4, -0.2) is 81.3 Å². The zero-order valence-electron chi connectivity index (χ0n) is 26.7. The summed E-state index contributed by atoms with van der Waals surface area (Å²) in [5, 5.41) is 9.14. The van der Waals surface area contributed by atoms with Crippen molar-refractivity contribution in [1.29, 1.82) is 0 Å². The molecule has 2 heterocycles. The average molecular weight is 710 g/mol. The fourth-order valence-electron chi connectivity index (χ4n) is 5.32. The number of piperidine rings is 1. The van der Waals surface area contributed by atoms with E-state index in [1.807, 2.05) is 13.1 Å². The van der Waals surface area contributed by atoms with Crippen molar-refractivity contribution in [3.05, 3.63) is 52.4 Å². The number of ether oxygens (including phenoxy) is 2. The summed E-state index contributed by atoms with van der Waals surface area (Å²) in [6.07, 6.45) is -4.21. The number of carbonyl (C=O) groups is 3. The predicted octanol–water partition coefficient (Wildman–Crippen LogP) is 5.11. The molecule has 5 N–H and O–H groups in total. The number of nitrogens with one attached hydrogen (secondary N) is 3. The van der Waals surface area contributed by atoms with Crippen molar-refractivity contribution >= 4 is 50.6 Å². The fourth-order valence-corrected chi connectivity index (χ4v) is 6.49. The number of alkyl halides is 5. The van der Waals surface area contributed by atoms with Crippen molar-refractivity contribution in [2.45, 2.75) is 57.0 Å². The number of likely N-dealkylation sites (tertiary alicyclic amines) is 1. The maximum absolute atomic E-state index is 13.7. The maximum atomic E-state index is 13.7. The van der Waals surface area contributed by atoms with E-state index >= 15 is 0 Å².